The number of nitrogens with zero attached hydrogens (tertiary/aromatic N) is 1. The van der Waals surface area contributed by atoms with Crippen molar-refractivity contribution in [1.82, 2.24) is 0 Å². The van der Waals surface area contributed by atoms with Gasteiger partial charge in [0.1, 0.15) is 37.8 Å². The predicted octanol–water partition coefficient (Wildman–Crippen LogP) is 2.39. The summed E-state index contributed by atoms with van der Waals surface area (Å²) in [4.78, 5) is 0. The van der Waals surface area contributed by atoms with Crippen LogP contribution in [0.1, 0.15) is 0 Å². The van der Waals surface area contributed by atoms with E-state index in [9.17, 15) is 0 Å². The molecule has 0 aliphatic heterocycles. The molecular formula is C18H26N3O2+. The van der Waals surface area contributed by atoms with Gasteiger partial charge in [0.2, 0.25) is 0 Å². The zero-order valence-corrected chi connectivity index (χ0v) is 13.9. The second-order valence-corrected chi connectivity index (χ2v) is 6.22. The van der Waals surface area contributed by atoms with Gasteiger partial charge < -0.3 is 25.4 Å². The molecule has 124 valence electrons. The molecule has 0 unspecified atom stereocenters. The molecule has 0 aliphatic carbocycles. The van der Waals surface area contributed by atoms with Crippen LogP contribution in [-0.2, 0) is 0 Å². The van der Waals surface area contributed by atoms with Crippen LogP contribution >= 0.6 is 0 Å². The van der Waals surface area contributed by atoms with Crippen LogP contribution in [0.25, 0.3) is 0 Å². The lowest BCUT2D eigenvalue weighted by atomic mass is 10.3. The first-order chi connectivity index (χ1) is 10.9. The zero-order valence-electron chi connectivity index (χ0n) is 13.9. The molecule has 2 aromatic carbocycles. The quantitative estimate of drug-likeness (QED) is 0.579. The van der Waals surface area contributed by atoms with Gasteiger partial charge in [0.15, 0.2) is 0 Å². The number of likely N-dealkylation sites (N-methyl/N-ethyl adjacent to an activating group) is 1. The van der Waals surface area contributed by atoms with E-state index < -0.39 is 0 Å². The van der Waals surface area contributed by atoms with Crippen LogP contribution in [-0.4, -0.2) is 44.9 Å². The Bertz CT molecular complexity index is 541. The summed E-state index contributed by atoms with van der Waals surface area (Å²) in [7, 11) is 4.33. The summed E-state index contributed by atoms with van der Waals surface area (Å²) in [5.41, 5.74) is 12.8. The largest absolute Gasteiger partial charge is 0.488 e. The summed E-state index contributed by atoms with van der Waals surface area (Å²) < 4.78 is 12.3. The van der Waals surface area contributed by atoms with Gasteiger partial charge in [-0.2, -0.15) is 0 Å². The molecule has 5 nitrogen and oxygen atoms in total. The van der Waals surface area contributed by atoms with Crippen LogP contribution in [0.15, 0.2) is 48.5 Å². The molecule has 0 saturated heterocycles. The number of nitrogens with two attached hydrogens (primary N) is 2. The molecule has 2 aromatic rings. The lowest BCUT2D eigenvalue weighted by Gasteiger charge is -2.29. The van der Waals surface area contributed by atoms with Crippen molar-refractivity contribution >= 4 is 11.4 Å². The molecule has 0 amide bonds. The smallest absolute Gasteiger partial charge is 0.137 e. The molecule has 0 saturated carbocycles. The number of hydrogen-bond donors (Lipinski definition) is 2. The van der Waals surface area contributed by atoms with Gasteiger partial charge in [-0.15, -0.1) is 0 Å². The first kappa shape index (κ1) is 17.0. The number of quaternary nitrogens is 1. The van der Waals surface area contributed by atoms with E-state index in [1.54, 1.807) is 0 Å². The SMILES string of the molecule is C[N+](C)(CCOc1ccc(N)cc1)CCOc1ccc(N)cc1. The van der Waals surface area contributed by atoms with Gasteiger partial charge in [-0.1, -0.05) is 0 Å². The summed E-state index contributed by atoms with van der Waals surface area (Å²) in [5, 5.41) is 0. The van der Waals surface area contributed by atoms with E-state index in [1.165, 1.54) is 0 Å². The number of hydrogen-bond acceptors (Lipinski definition) is 4. The Hall–Kier alpha value is -2.40. The molecule has 0 heterocycles. The minimum absolute atomic E-state index is 0.652. The fraction of sp³-hybridized carbons (Fsp3) is 0.333. The third kappa shape index (κ3) is 6.08. The van der Waals surface area contributed by atoms with Gasteiger partial charge in [0, 0.05) is 11.4 Å². The summed E-state index contributed by atoms with van der Waals surface area (Å²) in [6.45, 7) is 3.10. The molecule has 0 spiro atoms. The van der Waals surface area contributed by atoms with Crippen LogP contribution in [0, 0.1) is 0 Å². The van der Waals surface area contributed by atoms with Gasteiger partial charge in [0.05, 0.1) is 14.1 Å². The zero-order chi connectivity index (χ0) is 16.7. The van der Waals surface area contributed by atoms with Crippen molar-refractivity contribution in [2.24, 2.45) is 0 Å². The van der Waals surface area contributed by atoms with E-state index in [-0.39, 0.29) is 0 Å². The van der Waals surface area contributed by atoms with Crippen molar-refractivity contribution in [3.8, 4) is 11.5 Å². The Labute approximate surface area is 138 Å². The lowest BCUT2D eigenvalue weighted by molar-refractivity contribution is -0.890. The maximum atomic E-state index is 5.75. The Kier molecular flexibility index (Phi) is 5.71. The third-order valence-electron chi connectivity index (χ3n) is 3.69. The van der Waals surface area contributed by atoms with E-state index in [0.29, 0.717) is 13.2 Å². The van der Waals surface area contributed by atoms with Crippen molar-refractivity contribution in [2.75, 3.05) is 51.9 Å². The predicted molar refractivity (Wildman–Crippen MR) is 94.5 cm³/mol. The molecule has 4 N–H and O–H groups in total. The van der Waals surface area contributed by atoms with Crippen LogP contribution < -0.4 is 20.9 Å². The highest BCUT2D eigenvalue weighted by Crippen LogP contribution is 2.14. The lowest BCUT2D eigenvalue weighted by Crippen LogP contribution is -2.45. The van der Waals surface area contributed by atoms with Gasteiger partial charge >= 0.3 is 0 Å². The van der Waals surface area contributed by atoms with Crippen LogP contribution in [0.4, 0.5) is 11.4 Å². The minimum Gasteiger partial charge on any atom is -0.488 e. The Morgan fingerprint density at radius 3 is 1.39 bits per heavy atom. The van der Waals surface area contributed by atoms with Gasteiger partial charge in [-0.3, -0.25) is 0 Å². The molecular weight excluding hydrogens is 290 g/mol. The van der Waals surface area contributed by atoms with Crippen molar-refractivity contribution in [2.45, 2.75) is 0 Å². The van der Waals surface area contributed by atoms with Gasteiger partial charge in [0.25, 0.3) is 0 Å². The molecule has 0 bridgehead atoms. The molecule has 0 aromatic heterocycles. The van der Waals surface area contributed by atoms with Crippen molar-refractivity contribution in [3.05, 3.63) is 48.5 Å². The summed E-state index contributed by atoms with van der Waals surface area (Å²) in [5.74, 6) is 1.69. The van der Waals surface area contributed by atoms with Crippen LogP contribution in [0.5, 0.6) is 11.5 Å². The fourth-order valence-corrected chi connectivity index (χ4v) is 2.06. The second-order valence-electron chi connectivity index (χ2n) is 6.22. The average molecular weight is 316 g/mol. The molecule has 0 fully saturated rings. The van der Waals surface area contributed by atoms with E-state index in [0.717, 1.165) is 40.4 Å². The Morgan fingerprint density at radius 2 is 1.04 bits per heavy atom. The summed E-state index contributed by atoms with van der Waals surface area (Å²) in [6, 6.07) is 14.9. The molecule has 0 aliphatic rings. The summed E-state index contributed by atoms with van der Waals surface area (Å²) in [6.07, 6.45) is 0. The molecule has 0 radical (unpaired) electrons. The van der Waals surface area contributed by atoms with Crippen molar-refractivity contribution in [3.63, 3.8) is 0 Å². The number of nitrogen functional groups attached to an aromatic ring is 2. The first-order valence-electron chi connectivity index (χ1n) is 7.73. The molecule has 2 rings (SSSR count). The average Bonchev–Trinajstić information content (AvgIpc) is 2.51. The second kappa shape index (κ2) is 7.74. The van der Waals surface area contributed by atoms with E-state index in [2.05, 4.69) is 14.1 Å². The van der Waals surface area contributed by atoms with Crippen LogP contribution in [0.2, 0.25) is 0 Å². The number of rotatable bonds is 8. The normalized spacial score (nSPS) is 11.2. The summed E-state index contributed by atoms with van der Waals surface area (Å²) >= 11 is 0. The van der Waals surface area contributed by atoms with Crippen molar-refractivity contribution in [1.29, 1.82) is 0 Å². The number of ether oxygens (including phenoxy) is 2. The topological polar surface area (TPSA) is 70.5 Å². The fourth-order valence-electron chi connectivity index (χ4n) is 2.06. The third-order valence-corrected chi connectivity index (χ3v) is 3.69. The minimum atomic E-state index is 0.652. The maximum Gasteiger partial charge on any atom is 0.137 e. The standard InChI is InChI=1S/C18H26N3O2/c1-21(2,11-13-22-17-7-3-15(19)4-8-17)12-14-23-18-9-5-16(20)6-10-18/h3-10H,11-14,19-20H2,1-2H3/q+1. The van der Waals surface area contributed by atoms with Gasteiger partial charge in [-0.25, -0.2) is 0 Å². The number of benzene rings is 2. The Balaban J connectivity index is 1.69. The van der Waals surface area contributed by atoms with Crippen LogP contribution in [0.3, 0.4) is 0 Å². The monoisotopic (exact) mass is 316 g/mol. The molecule has 0 atom stereocenters. The van der Waals surface area contributed by atoms with Crippen molar-refractivity contribution < 1.29 is 14.0 Å². The molecule has 5 heteroatoms. The van der Waals surface area contributed by atoms with E-state index in [1.807, 2.05) is 48.5 Å². The first-order valence-corrected chi connectivity index (χ1v) is 7.73. The maximum absolute atomic E-state index is 5.75. The highest BCUT2D eigenvalue weighted by atomic mass is 16.5. The Morgan fingerprint density at radius 1 is 0.696 bits per heavy atom. The van der Waals surface area contributed by atoms with E-state index in [4.69, 9.17) is 20.9 Å². The molecule has 23 heavy (non-hydrogen) atoms. The highest BCUT2D eigenvalue weighted by Gasteiger charge is 2.15. The number of anilines is 2. The van der Waals surface area contributed by atoms with E-state index >= 15 is 0 Å². The highest BCUT2D eigenvalue weighted by molar-refractivity contribution is 5.42. The van der Waals surface area contributed by atoms with Gasteiger partial charge in [-0.05, 0) is 48.5 Å².